The molecule has 5 nitrogen and oxygen atoms in total. The summed E-state index contributed by atoms with van der Waals surface area (Å²) < 4.78 is 2.02. The molecule has 0 aromatic carbocycles. The number of rotatable bonds is 3. The van der Waals surface area contributed by atoms with Crippen molar-refractivity contribution in [2.45, 2.75) is 63.6 Å². The van der Waals surface area contributed by atoms with Crippen molar-refractivity contribution in [3.8, 4) is 0 Å². The van der Waals surface area contributed by atoms with Gasteiger partial charge in [-0.05, 0) is 50.0 Å². The first-order valence-corrected chi connectivity index (χ1v) is 9.32. The lowest BCUT2D eigenvalue weighted by atomic mass is 9.85. The van der Waals surface area contributed by atoms with Gasteiger partial charge in [0.2, 0.25) is 5.91 Å². The SMILES string of the molecule is Cl.Cl.O=C(C1CC2CCCCC2N1)N1CCC(Cn2cccn2)CC1. The van der Waals surface area contributed by atoms with Crippen molar-refractivity contribution >= 4 is 30.7 Å². The van der Waals surface area contributed by atoms with Crippen LogP contribution in [0.2, 0.25) is 0 Å². The average Bonchev–Trinajstić information content (AvgIpc) is 3.24. The van der Waals surface area contributed by atoms with Crippen LogP contribution in [-0.2, 0) is 11.3 Å². The van der Waals surface area contributed by atoms with Crippen LogP contribution in [0, 0.1) is 11.8 Å². The lowest BCUT2D eigenvalue weighted by molar-refractivity contribution is -0.134. The fraction of sp³-hybridized carbons (Fsp3) is 0.778. The Balaban J connectivity index is 0.00000113. The number of hydrogen-bond acceptors (Lipinski definition) is 3. The van der Waals surface area contributed by atoms with Gasteiger partial charge in [0.1, 0.15) is 0 Å². The summed E-state index contributed by atoms with van der Waals surface area (Å²) in [6.07, 6.45) is 12.4. The normalized spacial score (nSPS) is 29.4. The van der Waals surface area contributed by atoms with Crippen LogP contribution in [0.1, 0.15) is 44.9 Å². The van der Waals surface area contributed by atoms with Crippen LogP contribution >= 0.6 is 24.8 Å². The smallest absolute Gasteiger partial charge is 0.239 e. The van der Waals surface area contributed by atoms with Gasteiger partial charge in [-0.25, -0.2) is 0 Å². The van der Waals surface area contributed by atoms with E-state index >= 15 is 0 Å². The van der Waals surface area contributed by atoms with Crippen molar-refractivity contribution in [2.75, 3.05) is 13.1 Å². The third-order valence-electron chi connectivity index (χ3n) is 6.09. The van der Waals surface area contributed by atoms with Gasteiger partial charge in [0, 0.05) is 38.1 Å². The summed E-state index contributed by atoms with van der Waals surface area (Å²) in [5.74, 6) is 1.75. The van der Waals surface area contributed by atoms with Gasteiger partial charge in [0.05, 0.1) is 6.04 Å². The fourth-order valence-electron chi connectivity index (χ4n) is 4.74. The fourth-order valence-corrected chi connectivity index (χ4v) is 4.74. The minimum Gasteiger partial charge on any atom is -0.341 e. The van der Waals surface area contributed by atoms with Crippen LogP contribution in [0.15, 0.2) is 18.5 Å². The molecule has 3 fully saturated rings. The number of hydrogen-bond donors (Lipinski definition) is 1. The van der Waals surface area contributed by atoms with E-state index in [9.17, 15) is 4.79 Å². The standard InChI is InChI=1S/C18H28N4O.2ClH/c23-18(17-12-15-4-1-2-5-16(15)20-17)21-10-6-14(7-11-21)13-22-9-3-8-19-22;;/h3,8-9,14-17,20H,1-2,4-7,10-13H2;2*1H. The van der Waals surface area contributed by atoms with E-state index in [2.05, 4.69) is 15.3 Å². The molecule has 1 aromatic heterocycles. The number of fused-ring (bicyclic) bond motifs is 1. The zero-order chi connectivity index (χ0) is 15.6. The zero-order valence-electron chi connectivity index (χ0n) is 14.7. The molecule has 1 aliphatic carbocycles. The highest BCUT2D eigenvalue weighted by Gasteiger charge is 2.40. The van der Waals surface area contributed by atoms with Crippen molar-refractivity contribution in [3.63, 3.8) is 0 Å². The lowest BCUT2D eigenvalue weighted by Crippen LogP contribution is -2.48. The Morgan fingerprint density at radius 3 is 2.56 bits per heavy atom. The predicted octanol–water partition coefficient (Wildman–Crippen LogP) is 2.89. The second kappa shape index (κ2) is 9.24. The molecular formula is C18H30Cl2N4O. The number of amides is 1. The van der Waals surface area contributed by atoms with Crippen LogP contribution in [0.4, 0.5) is 0 Å². The molecule has 1 amide bonds. The highest BCUT2D eigenvalue weighted by atomic mass is 35.5. The first kappa shape index (κ1) is 20.5. The van der Waals surface area contributed by atoms with E-state index in [1.807, 2.05) is 23.1 Å². The molecule has 3 unspecified atom stereocenters. The molecule has 25 heavy (non-hydrogen) atoms. The third kappa shape index (κ3) is 4.69. The van der Waals surface area contributed by atoms with E-state index in [1.165, 1.54) is 25.7 Å². The topological polar surface area (TPSA) is 50.2 Å². The molecule has 2 saturated heterocycles. The number of likely N-dealkylation sites (tertiary alicyclic amines) is 1. The minimum absolute atomic E-state index is 0. The number of nitrogens with zero attached hydrogens (tertiary/aromatic N) is 3. The Kier molecular flexibility index (Phi) is 7.59. The number of piperidine rings is 1. The molecular weight excluding hydrogens is 359 g/mol. The number of halogens is 2. The Bertz CT molecular complexity index is 517. The van der Waals surface area contributed by atoms with Gasteiger partial charge >= 0.3 is 0 Å². The summed E-state index contributed by atoms with van der Waals surface area (Å²) in [7, 11) is 0. The van der Waals surface area contributed by atoms with E-state index in [-0.39, 0.29) is 30.9 Å². The molecule has 0 spiro atoms. The van der Waals surface area contributed by atoms with Crippen LogP contribution in [0.3, 0.4) is 0 Å². The van der Waals surface area contributed by atoms with Crippen molar-refractivity contribution in [3.05, 3.63) is 18.5 Å². The Morgan fingerprint density at radius 2 is 1.88 bits per heavy atom. The highest BCUT2D eigenvalue weighted by Crippen LogP contribution is 2.34. The lowest BCUT2D eigenvalue weighted by Gasteiger charge is -2.33. The maximum Gasteiger partial charge on any atom is 0.239 e. The van der Waals surface area contributed by atoms with Gasteiger partial charge in [0.15, 0.2) is 0 Å². The van der Waals surface area contributed by atoms with Crippen LogP contribution < -0.4 is 5.32 Å². The molecule has 4 rings (SSSR count). The van der Waals surface area contributed by atoms with Gasteiger partial charge in [-0.3, -0.25) is 9.48 Å². The second-order valence-corrected chi connectivity index (χ2v) is 7.60. The Hall–Kier alpha value is -0.780. The van der Waals surface area contributed by atoms with Gasteiger partial charge in [-0.1, -0.05) is 12.8 Å². The van der Waals surface area contributed by atoms with Crippen molar-refractivity contribution in [1.29, 1.82) is 0 Å². The van der Waals surface area contributed by atoms with E-state index in [4.69, 9.17) is 0 Å². The molecule has 1 aromatic rings. The number of carbonyl (C=O) groups is 1. The summed E-state index contributed by atoms with van der Waals surface area (Å²) in [5.41, 5.74) is 0. The highest BCUT2D eigenvalue weighted by molar-refractivity contribution is 5.85. The number of carbonyl (C=O) groups excluding carboxylic acids is 1. The Labute approximate surface area is 162 Å². The second-order valence-electron chi connectivity index (χ2n) is 7.60. The van der Waals surface area contributed by atoms with Crippen molar-refractivity contribution in [2.24, 2.45) is 11.8 Å². The predicted molar refractivity (Wildman–Crippen MR) is 103 cm³/mol. The Morgan fingerprint density at radius 1 is 1.12 bits per heavy atom. The van der Waals surface area contributed by atoms with E-state index in [1.54, 1.807) is 0 Å². The zero-order valence-corrected chi connectivity index (χ0v) is 16.3. The van der Waals surface area contributed by atoms with Crippen molar-refractivity contribution in [1.82, 2.24) is 20.0 Å². The molecule has 0 radical (unpaired) electrons. The first-order valence-electron chi connectivity index (χ1n) is 9.32. The minimum atomic E-state index is 0. The number of nitrogens with one attached hydrogen (secondary N) is 1. The maximum absolute atomic E-state index is 12.8. The molecule has 3 atom stereocenters. The monoisotopic (exact) mass is 388 g/mol. The molecule has 2 aliphatic heterocycles. The maximum atomic E-state index is 12.8. The largest absolute Gasteiger partial charge is 0.341 e. The summed E-state index contributed by atoms with van der Waals surface area (Å²) in [5, 5.41) is 7.93. The summed E-state index contributed by atoms with van der Waals surface area (Å²) >= 11 is 0. The average molecular weight is 389 g/mol. The third-order valence-corrected chi connectivity index (χ3v) is 6.09. The molecule has 7 heteroatoms. The van der Waals surface area contributed by atoms with Crippen LogP contribution in [-0.4, -0.2) is 45.8 Å². The number of aromatic nitrogens is 2. The van der Waals surface area contributed by atoms with E-state index in [0.29, 0.717) is 17.9 Å². The molecule has 3 heterocycles. The molecule has 3 aliphatic rings. The van der Waals surface area contributed by atoms with Crippen LogP contribution in [0.5, 0.6) is 0 Å². The van der Waals surface area contributed by atoms with Gasteiger partial charge in [0.25, 0.3) is 0 Å². The molecule has 1 saturated carbocycles. The quantitative estimate of drug-likeness (QED) is 0.865. The summed E-state index contributed by atoms with van der Waals surface area (Å²) in [6.45, 7) is 2.82. The summed E-state index contributed by atoms with van der Waals surface area (Å²) in [4.78, 5) is 14.9. The molecule has 0 bridgehead atoms. The van der Waals surface area contributed by atoms with E-state index < -0.39 is 0 Å². The van der Waals surface area contributed by atoms with Gasteiger partial charge in [-0.15, -0.1) is 24.8 Å². The summed E-state index contributed by atoms with van der Waals surface area (Å²) in [6, 6.07) is 2.67. The first-order chi connectivity index (χ1) is 11.3. The van der Waals surface area contributed by atoms with Gasteiger partial charge in [-0.2, -0.15) is 5.10 Å². The van der Waals surface area contributed by atoms with Gasteiger partial charge < -0.3 is 10.2 Å². The van der Waals surface area contributed by atoms with Crippen LogP contribution in [0.25, 0.3) is 0 Å². The molecule has 142 valence electrons. The van der Waals surface area contributed by atoms with Crippen molar-refractivity contribution < 1.29 is 4.79 Å². The molecule has 1 N–H and O–H groups in total. The van der Waals surface area contributed by atoms with E-state index in [0.717, 1.165) is 44.8 Å².